The van der Waals surface area contributed by atoms with E-state index in [0.717, 1.165) is 12.8 Å². The molecule has 4 nitrogen and oxygen atoms in total. The molecule has 0 heterocycles. The number of hydrogen-bond donors (Lipinski definition) is 0. The number of benzene rings is 1. The van der Waals surface area contributed by atoms with Gasteiger partial charge in [0.05, 0.1) is 25.8 Å². The summed E-state index contributed by atoms with van der Waals surface area (Å²) in [4.78, 5) is 12.8. The van der Waals surface area contributed by atoms with Gasteiger partial charge in [-0.05, 0) is 64.9 Å². The molecule has 0 N–H and O–H groups in total. The normalized spacial score (nSPS) is 21.0. The zero-order valence-electron chi connectivity index (χ0n) is 14.9. The Labute approximate surface area is 160 Å². The zero-order valence-corrected chi connectivity index (χ0v) is 16.5. The second-order valence-corrected chi connectivity index (χ2v) is 6.98. The van der Waals surface area contributed by atoms with Crippen LogP contribution < -0.4 is 14.2 Å². The smallest absolute Gasteiger partial charge is 0.204 e. The molecule has 0 spiro atoms. The molecule has 0 aliphatic heterocycles. The van der Waals surface area contributed by atoms with E-state index in [0.29, 0.717) is 44.9 Å². The predicted molar refractivity (Wildman–Crippen MR) is 101 cm³/mol. The summed E-state index contributed by atoms with van der Waals surface area (Å²) in [6.45, 7) is 0. The maximum absolute atomic E-state index is 14.2. The highest BCUT2D eigenvalue weighted by Crippen LogP contribution is 2.46. The van der Waals surface area contributed by atoms with Crippen LogP contribution in [0.2, 0.25) is 0 Å². The van der Waals surface area contributed by atoms with E-state index in [2.05, 4.69) is 15.9 Å². The predicted octanol–water partition coefficient (Wildman–Crippen LogP) is 5.02. The van der Waals surface area contributed by atoms with Crippen LogP contribution in [0, 0.1) is 5.92 Å². The molecule has 0 bridgehead atoms. The molecule has 1 unspecified atom stereocenters. The SMILES string of the molecule is COc1cc(C=C2CCC3CC=CC(F)=C3C2=O)c(Br)c(OC)c1OC. The van der Waals surface area contributed by atoms with Crippen molar-refractivity contribution in [2.24, 2.45) is 5.92 Å². The first-order valence-corrected chi connectivity index (χ1v) is 9.11. The van der Waals surface area contributed by atoms with Gasteiger partial charge in [-0.3, -0.25) is 4.79 Å². The van der Waals surface area contributed by atoms with Crippen LogP contribution in [0.5, 0.6) is 17.2 Å². The fourth-order valence-electron chi connectivity index (χ4n) is 3.48. The second-order valence-electron chi connectivity index (χ2n) is 6.18. The number of methoxy groups -OCH3 is 3. The molecule has 0 amide bonds. The van der Waals surface area contributed by atoms with Gasteiger partial charge in [0.2, 0.25) is 5.75 Å². The molecule has 0 aromatic heterocycles. The maximum atomic E-state index is 14.2. The topological polar surface area (TPSA) is 44.8 Å². The Balaban J connectivity index is 2.08. The molecule has 3 rings (SSSR count). The third-order valence-corrected chi connectivity index (χ3v) is 5.59. The van der Waals surface area contributed by atoms with Gasteiger partial charge in [0.25, 0.3) is 0 Å². The van der Waals surface area contributed by atoms with E-state index in [9.17, 15) is 9.18 Å². The Hall–Kier alpha value is -2.08. The lowest BCUT2D eigenvalue weighted by Gasteiger charge is -2.27. The lowest BCUT2D eigenvalue weighted by Crippen LogP contribution is -2.23. The van der Waals surface area contributed by atoms with E-state index in [1.54, 1.807) is 18.2 Å². The summed E-state index contributed by atoms with van der Waals surface area (Å²) in [5.41, 5.74) is 1.60. The number of carbonyl (C=O) groups is 1. The molecule has 1 atom stereocenters. The number of ether oxygens (including phenoxy) is 3. The molecule has 1 aromatic rings. The molecule has 1 aromatic carbocycles. The summed E-state index contributed by atoms with van der Waals surface area (Å²) in [5, 5.41) is 0. The highest BCUT2D eigenvalue weighted by molar-refractivity contribution is 9.10. The highest BCUT2D eigenvalue weighted by Gasteiger charge is 2.33. The molecule has 138 valence electrons. The van der Waals surface area contributed by atoms with E-state index in [1.807, 2.05) is 0 Å². The van der Waals surface area contributed by atoms with Crippen LogP contribution in [-0.4, -0.2) is 27.1 Å². The first-order chi connectivity index (χ1) is 12.5. The number of fused-ring (bicyclic) bond motifs is 1. The Kier molecular flexibility index (Phi) is 5.51. The van der Waals surface area contributed by atoms with Crippen LogP contribution in [0.15, 0.2) is 39.7 Å². The van der Waals surface area contributed by atoms with Crippen LogP contribution in [0.3, 0.4) is 0 Å². The summed E-state index contributed by atoms with van der Waals surface area (Å²) >= 11 is 3.51. The van der Waals surface area contributed by atoms with Crippen molar-refractivity contribution in [3.05, 3.63) is 45.2 Å². The Morgan fingerprint density at radius 1 is 1.19 bits per heavy atom. The minimum atomic E-state index is -0.416. The van der Waals surface area contributed by atoms with Gasteiger partial charge in [-0.1, -0.05) is 6.08 Å². The van der Waals surface area contributed by atoms with Crippen molar-refractivity contribution in [2.45, 2.75) is 19.3 Å². The van der Waals surface area contributed by atoms with Crippen molar-refractivity contribution in [1.82, 2.24) is 0 Å². The first kappa shape index (κ1) is 18.7. The van der Waals surface area contributed by atoms with Crippen LogP contribution in [0.4, 0.5) is 4.39 Å². The Morgan fingerprint density at radius 3 is 2.58 bits per heavy atom. The molecule has 6 heteroatoms. The van der Waals surface area contributed by atoms with E-state index in [-0.39, 0.29) is 11.7 Å². The van der Waals surface area contributed by atoms with Crippen molar-refractivity contribution >= 4 is 27.8 Å². The number of hydrogen-bond acceptors (Lipinski definition) is 4. The standard InChI is InChI=1S/C20H20BrFO4/c1-24-15-10-13(17(21)20(26-3)19(15)25-2)9-12-8-7-11-5-4-6-14(22)16(11)18(12)23/h4,6,9-11H,5,7-8H2,1-3H3. The maximum Gasteiger partial charge on any atom is 0.204 e. The Bertz CT molecular complexity index is 839. The molecular formula is C20H20BrFO4. The van der Waals surface area contributed by atoms with Crippen molar-refractivity contribution in [3.63, 3.8) is 0 Å². The summed E-state index contributed by atoms with van der Waals surface area (Å²) in [5.74, 6) is 0.778. The van der Waals surface area contributed by atoms with Crippen LogP contribution >= 0.6 is 15.9 Å². The fraction of sp³-hybridized carbons (Fsp3) is 0.350. The van der Waals surface area contributed by atoms with Gasteiger partial charge in [0.15, 0.2) is 17.3 Å². The lowest BCUT2D eigenvalue weighted by atomic mass is 9.76. The molecular weight excluding hydrogens is 403 g/mol. The summed E-state index contributed by atoms with van der Waals surface area (Å²) in [6, 6.07) is 1.77. The van der Waals surface area contributed by atoms with E-state index < -0.39 is 5.83 Å². The number of carbonyl (C=O) groups excluding carboxylic acids is 1. The van der Waals surface area contributed by atoms with Crippen molar-refractivity contribution < 1.29 is 23.4 Å². The van der Waals surface area contributed by atoms with Gasteiger partial charge in [-0.25, -0.2) is 4.39 Å². The van der Waals surface area contributed by atoms with E-state index >= 15 is 0 Å². The number of halogens is 2. The molecule has 1 saturated carbocycles. The average molecular weight is 423 g/mol. The quantitative estimate of drug-likeness (QED) is 0.638. The molecule has 0 radical (unpaired) electrons. The molecule has 2 aliphatic rings. The van der Waals surface area contributed by atoms with Crippen molar-refractivity contribution in [1.29, 1.82) is 0 Å². The van der Waals surface area contributed by atoms with Crippen molar-refractivity contribution in [3.8, 4) is 17.2 Å². The summed E-state index contributed by atoms with van der Waals surface area (Å²) in [7, 11) is 4.60. The van der Waals surface area contributed by atoms with E-state index in [4.69, 9.17) is 14.2 Å². The third kappa shape index (κ3) is 3.18. The summed E-state index contributed by atoms with van der Waals surface area (Å²) in [6.07, 6.45) is 7.04. The highest BCUT2D eigenvalue weighted by atomic mass is 79.9. The van der Waals surface area contributed by atoms with Crippen molar-refractivity contribution in [2.75, 3.05) is 21.3 Å². The molecule has 1 fully saturated rings. The van der Waals surface area contributed by atoms with Crippen LogP contribution in [0.1, 0.15) is 24.8 Å². The largest absolute Gasteiger partial charge is 0.493 e. The second kappa shape index (κ2) is 7.66. The average Bonchev–Trinajstić information content (AvgIpc) is 2.64. The number of rotatable bonds is 4. The monoisotopic (exact) mass is 422 g/mol. The van der Waals surface area contributed by atoms with Gasteiger partial charge < -0.3 is 14.2 Å². The third-order valence-electron chi connectivity index (χ3n) is 4.78. The van der Waals surface area contributed by atoms with Gasteiger partial charge in [0, 0.05) is 11.1 Å². The molecule has 26 heavy (non-hydrogen) atoms. The van der Waals surface area contributed by atoms with Crippen LogP contribution in [-0.2, 0) is 4.79 Å². The van der Waals surface area contributed by atoms with Crippen LogP contribution in [0.25, 0.3) is 6.08 Å². The number of Topliss-reactive ketones (excluding diaryl/α,β-unsaturated/α-hetero) is 1. The summed E-state index contributed by atoms with van der Waals surface area (Å²) < 4.78 is 31.0. The molecule has 0 saturated heterocycles. The van der Waals surface area contributed by atoms with Gasteiger partial charge in [0.1, 0.15) is 5.83 Å². The number of ketones is 1. The lowest BCUT2D eigenvalue weighted by molar-refractivity contribution is -0.113. The molecule has 2 aliphatic carbocycles. The fourth-order valence-corrected chi connectivity index (χ4v) is 4.05. The van der Waals surface area contributed by atoms with E-state index in [1.165, 1.54) is 27.4 Å². The minimum Gasteiger partial charge on any atom is -0.493 e. The zero-order chi connectivity index (χ0) is 18.8. The van der Waals surface area contributed by atoms with Gasteiger partial charge >= 0.3 is 0 Å². The Morgan fingerprint density at radius 2 is 1.92 bits per heavy atom. The number of allylic oxidation sites excluding steroid dienone is 5. The van der Waals surface area contributed by atoms with Gasteiger partial charge in [-0.15, -0.1) is 0 Å². The first-order valence-electron chi connectivity index (χ1n) is 8.31. The minimum absolute atomic E-state index is 0.0203. The van der Waals surface area contributed by atoms with Gasteiger partial charge in [-0.2, -0.15) is 0 Å².